The second kappa shape index (κ2) is 6.02. The van der Waals surface area contributed by atoms with Crippen molar-refractivity contribution in [1.82, 2.24) is 0 Å². The van der Waals surface area contributed by atoms with Crippen molar-refractivity contribution in [3.8, 4) is 0 Å². The minimum Gasteiger partial charge on any atom is -0.382 e. The summed E-state index contributed by atoms with van der Waals surface area (Å²) in [6.45, 7) is 9.37. The predicted octanol–water partition coefficient (Wildman–Crippen LogP) is 5.62. The second-order valence-electron chi connectivity index (χ2n) is 6.97. The van der Waals surface area contributed by atoms with E-state index in [9.17, 15) is 0 Å². The van der Waals surface area contributed by atoms with Crippen LogP contribution in [0.25, 0.3) is 0 Å². The van der Waals surface area contributed by atoms with Crippen LogP contribution in [0, 0.1) is 21.8 Å². The van der Waals surface area contributed by atoms with E-state index < -0.39 is 0 Å². The first kappa shape index (κ1) is 15.1. The highest BCUT2D eigenvalue weighted by Gasteiger charge is 2.34. The molecule has 0 aliphatic heterocycles. The quantitative estimate of drug-likeness (QED) is 0.666. The van der Waals surface area contributed by atoms with E-state index >= 15 is 0 Å². The molecule has 106 valence electrons. The summed E-state index contributed by atoms with van der Waals surface area (Å²) in [6, 6.07) is 7.33. The highest BCUT2D eigenvalue weighted by molar-refractivity contribution is 14.1. The van der Waals surface area contributed by atoms with Crippen LogP contribution in [0.3, 0.4) is 0 Å². The number of anilines is 1. The normalized spacial score (nSPS) is 24.3. The van der Waals surface area contributed by atoms with E-state index in [4.69, 9.17) is 0 Å². The maximum atomic E-state index is 3.83. The van der Waals surface area contributed by atoms with Crippen LogP contribution in [0.4, 0.5) is 5.69 Å². The first-order valence-corrected chi connectivity index (χ1v) is 8.48. The Bertz CT molecular complexity index is 433. The summed E-state index contributed by atoms with van der Waals surface area (Å²) < 4.78 is 1.32. The van der Waals surface area contributed by atoms with Crippen LogP contribution in [0.1, 0.15) is 52.0 Å². The van der Waals surface area contributed by atoms with Crippen molar-refractivity contribution in [3.05, 3.63) is 27.3 Å². The van der Waals surface area contributed by atoms with Crippen LogP contribution >= 0.6 is 22.6 Å². The Labute approximate surface area is 131 Å². The predicted molar refractivity (Wildman–Crippen MR) is 92.7 cm³/mol. The third-order valence-electron chi connectivity index (χ3n) is 4.41. The molecule has 1 aliphatic carbocycles. The number of halogens is 1. The van der Waals surface area contributed by atoms with Crippen LogP contribution < -0.4 is 5.32 Å². The van der Waals surface area contributed by atoms with Crippen molar-refractivity contribution in [2.24, 2.45) is 11.3 Å². The number of hydrogen-bond acceptors (Lipinski definition) is 1. The fourth-order valence-electron chi connectivity index (χ4n) is 3.33. The zero-order valence-electron chi connectivity index (χ0n) is 12.6. The van der Waals surface area contributed by atoms with Gasteiger partial charge in [-0.3, -0.25) is 0 Å². The molecule has 1 aromatic carbocycles. The molecule has 1 saturated carbocycles. The molecule has 0 radical (unpaired) electrons. The first-order valence-electron chi connectivity index (χ1n) is 7.40. The lowest BCUT2D eigenvalue weighted by Gasteiger charge is -2.41. The summed E-state index contributed by atoms with van der Waals surface area (Å²) in [5.41, 5.74) is 3.08. The van der Waals surface area contributed by atoms with Crippen molar-refractivity contribution in [2.45, 2.75) is 59.4 Å². The van der Waals surface area contributed by atoms with Crippen molar-refractivity contribution in [2.75, 3.05) is 5.32 Å². The fourth-order valence-corrected chi connectivity index (χ4v) is 3.98. The summed E-state index contributed by atoms with van der Waals surface area (Å²) in [5.74, 6) is 0.778. The van der Waals surface area contributed by atoms with Gasteiger partial charge in [0.1, 0.15) is 0 Å². The zero-order chi connectivity index (χ0) is 14.0. The van der Waals surface area contributed by atoms with Crippen molar-refractivity contribution in [3.63, 3.8) is 0 Å². The third-order valence-corrected chi connectivity index (χ3v) is 5.08. The zero-order valence-corrected chi connectivity index (χ0v) is 14.8. The lowest BCUT2D eigenvalue weighted by molar-refractivity contribution is 0.163. The topological polar surface area (TPSA) is 12.0 Å². The van der Waals surface area contributed by atoms with Gasteiger partial charge in [-0.15, -0.1) is 0 Å². The van der Waals surface area contributed by atoms with Gasteiger partial charge in [0.05, 0.1) is 0 Å². The summed E-state index contributed by atoms with van der Waals surface area (Å²) in [5, 5.41) is 3.83. The lowest BCUT2D eigenvalue weighted by Crippen LogP contribution is -2.39. The maximum absolute atomic E-state index is 3.83. The number of aryl methyl sites for hydroxylation is 1. The van der Waals surface area contributed by atoms with Crippen LogP contribution in [0.15, 0.2) is 18.2 Å². The van der Waals surface area contributed by atoms with E-state index in [1.807, 2.05) is 0 Å². The Hall–Kier alpha value is -0.250. The van der Waals surface area contributed by atoms with Crippen molar-refractivity contribution < 1.29 is 0 Å². The summed E-state index contributed by atoms with van der Waals surface area (Å²) >= 11 is 2.38. The Morgan fingerprint density at radius 2 is 1.84 bits per heavy atom. The molecule has 1 fully saturated rings. The van der Waals surface area contributed by atoms with E-state index in [1.54, 1.807) is 0 Å². The standard InChI is InChI=1S/C17H26IN/c1-12-11-13(18)9-10-15(12)19-16-8-6-5-7-14(16)17(2,3)4/h9-11,14,16,19H,5-8H2,1-4H3. The number of rotatable bonds is 2. The summed E-state index contributed by atoms with van der Waals surface area (Å²) in [4.78, 5) is 0. The molecular formula is C17H26IN. The molecule has 2 atom stereocenters. The van der Waals surface area contributed by atoms with E-state index in [-0.39, 0.29) is 0 Å². The highest BCUT2D eigenvalue weighted by Crippen LogP contribution is 2.39. The molecule has 0 spiro atoms. The van der Waals surface area contributed by atoms with Gasteiger partial charge in [-0.25, -0.2) is 0 Å². The van der Waals surface area contributed by atoms with Crippen molar-refractivity contribution in [1.29, 1.82) is 0 Å². The molecular weight excluding hydrogens is 345 g/mol. The molecule has 2 rings (SSSR count). The van der Waals surface area contributed by atoms with Gasteiger partial charge in [0, 0.05) is 15.3 Å². The van der Waals surface area contributed by atoms with Crippen LogP contribution in [0.2, 0.25) is 0 Å². The lowest BCUT2D eigenvalue weighted by atomic mass is 9.69. The molecule has 0 saturated heterocycles. The smallest absolute Gasteiger partial charge is 0.0372 e. The van der Waals surface area contributed by atoms with Gasteiger partial charge >= 0.3 is 0 Å². The minimum atomic E-state index is 0.398. The fraction of sp³-hybridized carbons (Fsp3) is 0.647. The Morgan fingerprint density at radius 1 is 1.16 bits per heavy atom. The second-order valence-corrected chi connectivity index (χ2v) is 8.21. The Balaban J connectivity index is 2.15. The molecule has 1 aliphatic rings. The van der Waals surface area contributed by atoms with Crippen LogP contribution in [-0.2, 0) is 0 Å². The number of nitrogens with one attached hydrogen (secondary N) is 1. The highest BCUT2D eigenvalue weighted by atomic mass is 127. The monoisotopic (exact) mass is 371 g/mol. The van der Waals surface area contributed by atoms with E-state index in [2.05, 4.69) is 73.8 Å². The molecule has 0 heterocycles. The van der Waals surface area contributed by atoms with Gasteiger partial charge in [0.2, 0.25) is 0 Å². The maximum Gasteiger partial charge on any atom is 0.0372 e. The SMILES string of the molecule is Cc1cc(I)ccc1NC1CCCCC1C(C)(C)C. The average molecular weight is 371 g/mol. The molecule has 1 nitrogen and oxygen atoms in total. The molecule has 0 amide bonds. The Morgan fingerprint density at radius 3 is 2.47 bits per heavy atom. The van der Waals surface area contributed by atoms with Gasteiger partial charge in [0.15, 0.2) is 0 Å². The largest absolute Gasteiger partial charge is 0.382 e. The first-order chi connectivity index (χ1) is 8.88. The number of hydrogen-bond donors (Lipinski definition) is 1. The minimum absolute atomic E-state index is 0.398. The summed E-state index contributed by atoms with van der Waals surface area (Å²) in [6.07, 6.45) is 5.44. The van der Waals surface area contributed by atoms with Gasteiger partial charge < -0.3 is 5.32 Å². The van der Waals surface area contributed by atoms with Gasteiger partial charge in [0.25, 0.3) is 0 Å². The van der Waals surface area contributed by atoms with E-state index in [0.717, 1.165) is 5.92 Å². The third kappa shape index (κ3) is 3.87. The molecule has 1 aromatic rings. The summed E-state index contributed by atoms with van der Waals surface area (Å²) in [7, 11) is 0. The van der Waals surface area contributed by atoms with E-state index in [1.165, 1.54) is 40.5 Å². The van der Waals surface area contributed by atoms with E-state index in [0.29, 0.717) is 11.5 Å². The van der Waals surface area contributed by atoms with Crippen molar-refractivity contribution >= 4 is 28.3 Å². The molecule has 0 bridgehead atoms. The van der Waals surface area contributed by atoms with Gasteiger partial charge in [-0.05, 0) is 77.5 Å². The van der Waals surface area contributed by atoms with Gasteiger partial charge in [-0.2, -0.15) is 0 Å². The number of benzene rings is 1. The molecule has 1 N–H and O–H groups in total. The van der Waals surface area contributed by atoms with Crippen LogP contribution in [0.5, 0.6) is 0 Å². The Kier molecular flexibility index (Phi) is 4.80. The van der Waals surface area contributed by atoms with Crippen LogP contribution in [-0.4, -0.2) is 6.04 Å². The molecule has 0 aromatic heterocycles. The molecule has 2 unspecified atom stereocenters. The molecule has 19 heavy (non-hydrogen) atoms. The van der Waals surface area contributed by atoms with Gasteiger partial charge in [-0.1, -0.05) is 33.6 Å². The average Bonchev–Trinajstić information content (AvgIpc) is 2.32. The molecule has 2 heteroatoms.